The molecule has 0 saturated carbocycles. The zero-order chi connectivity index (χ0) is 24.5. The lowest BCUT2D eigenvalue weighted by Crippen LogP contribution is -2.67. The van der Waals surface area contributed by atoms with Crippen molar-refractivity contribution in [2.24, 2.45) is 5.73 Å². The number of benzene rings is 1. The largest absolute Gasteiger partial charge is 0.462 e. The average molecular weight is 472 g/mol. The van der Waals surface area contributed by atoms with Crippen LogP contribution >= 0.6 is 0 Å². The van der Waals surface area contributed by atoms with Gasteiger partial charge in [0.2, 0.25) is 23.4 Å². The SMILES string of the molecule is CC(=O)N(C1CCC(=O)N2CCCC(C(N)=O)N2C1=O)C1(OCc2ccccc2)CCOC1=O. The first-order chi connectivity index (χ1) is 16.3. The van der Waals surface area contributed by atoms with Gasteiger partial charge in [-0.15, -0.1) is 0 Å². The summed E-state index contributed by atoms with van der Waals surface area (Å²) in [6, 6.07) is 6.86. The standard InChI is InChI=1S/C23H28N4O7/c1-15(28)26(23(11-13-33-22(23)32)34-14-16-6-3-2-4-7-16)18-9-10-19(29)25-12-5-8-17(20(24)30)27(25)21(18)31/h2-4,6-7,17-18H,5,8-14H2,1H3,(H2,24,30). The molecule has 34 heavy (non-hydrogen) atoms. The van der Waals surface area contributed by atoms with Crippen molar-refractivity contribution in [3.8, 4) is 0 Å². The number of carbonyl (C=O) groups excluding carboxylic acids is 5. The molecular weight excluding hydrogens is 444 g/mol. The van der Waals surface area contributed by atoms with Crippen molar-refractivity contribution in [2.45, 2.75) is 63.4 Å². The fraction of sp³-hybridized carbons (Fsp3) is 0.522. The molecule has 3 heterocycles. The maximum absolute atomic E-state index is 13.8. The van der Waals surface area contributed by atoms with Gasteiger partial charge < -0.3 is 15.2 Å². The topological polar surface area (TPSA) is 140 Å². The number of cyclic esters (lactones) is 1. The lowest BCUT2D eigenvalue weighted by Gasteiger charge is -2.45. The molecule has 0 spiro atoms. The Kier molecular flexibility index (Phi) is 6.56. The van der Waals surface area contributed by atoms with E-state index >= 15 is 0 Å². The molecule has 3 aliphatic rings. The van der Waals surface area contributed by atoms with Gasteiger partial charge >= 0.3 is 5.97 Å². The molecule has 11 nitrogen and oxygen atoms in total. The van der Waals surface area contributed by atoms with Crippen LogP contribution in [0.25, 0.3) is 0 Å². The molecule has 4 rings (SSSR count). The summed E-state index contributed by atoms with van der Waals surface area (Å²) < 4.78 is 11.3. The molecule has 4 amide bonds. The number of ether oxygens (including phenoxy) is 2. The zero-order valence-electron chi connectivity index (χ0n) is 19.0. The molecule has 3 aliphatic heterocycles. The molecule has 11 heteroatoms. The Labute approximate surface area is 196 Å². The number of fused-ring (bicyclic) bond motifs is 1. The third kappa shape index (κ3) is 4.11. The number of rotatable bonds is 6. The molecular formula is C23H28N4O7. The van der Waals surface area contributed by atoms with Crippen LogP contribution in [0.2, 0.25) is 0 Å². The number of nitrogens with zero attached hydrogens (tertiary/aromatic N) is 3. The van der Waals surface area contributed by atoms with Gasteiger partial charge in [0.15, 0.2) is 0 Å². The van der Waals surface area contributed by atoms with E-state index in [0.717, 1.165) is 15.5 Å². The Balaban J connectivity index is 1.72. The Morgan fingerprint density at radius 2 is 1.94 bits per heavy atom. The van der Waals surface area contributed by atoms with Gasteiger partial charge in [0.25, 0.3) is 5.91 Å². The highest BCUT2D eigenvalue weighted by Gasteiger charge is 2.57. The molecule has 0 aliphatic carbocycles. The first-order valence-corrected chi connectivity index (χ1v) is 11.3. The van der Waals surface area contributed by atoms with Crippen LogP contribution in [0.4, 0.5) is 0 Å². The molecule has 3 atom stereocenters. The zero-order valence-corrected chi connectivity index (χ0v) is 19.0. The second-order valence-electron chi connectivity index (χ2n) is 8.65. The highest BCUT2D eigenvalue weighted by atomic mass is 16.6. The van der Waals surface area contributed by atoms with Gasteiger partial charge in [-0.1, -0.05) is 30.3 Å². The monoisotopic (exact) mass is 472 g/mol. The summed E-state index contributed by atoms with van der Waals surface area (Å²) in [5, 5.41) is 2.32. The maximum atomic E-state index is 13.8. The number of hydrazine groups is 1. The fourth-order valence-corrected chi connectivity index (χ4v) is 4.94. The van der Waals surface area contributed by atoms with E-state index in [4.69, 9.17) is 15.2 Å². The molecule has 1 aromatic carbocycles. The predicted octanol–water partition coefficient (Wildman–Crippen LogP) is 0.0772. The normalized spacial score (nSPS) is 27.1. The fourth-order valence-electron chi connectivity index (χ4n) is 4.94. The minimum Gasteiger partial charge on any atom is -0.462 e. The summed E-state index contributed by atoms with van der Waals surface area (Å²) in [4.78, 5) is 65.8. The number of primary amides is 1. The van der Waals surface area contributed by atoms with E-state index in [9.17, 15) is 24.0 Å². The van der Waals surface area contributed by atoms with Gasteiger partial charge in [0, 0.05) is 26.3 Å². The third-order valence-electron chi connectivity index (χ3n) is 6.52. The van der Waals surface area contributed by atoms with Gasteiger partial charge in [-0.3, -0.25) is 29.1 Å². The lowest BCUT2D eigenvalue weighted by atomic mass is 10.0. The van der Waals surface area contributed by atoms with E-state index in [-0.39, 0.29) is 44.9 Å². The van der Waals surface area contributed by atoms with E-state index in [1.54, 1.807) is 0 Å². The van der Waals surface area contributed by atoms with Gasteiger partial charge in [-0.25, -0.2) is 9.80 Å². The highest BCUT2D eigenvalue weighted by molar-refractivity contribution is 5.96. The second-order valence-corrected chi connectivity index (χ2v) is 8.65. The Morgan fingerprint density at radius 3 is 2.56 bits per heavy atom. The van der Waals surface area contributed by atoms with E-state index < -0.39 is 41.5 Å². The minimum atomic E-state index is -1.84. The van der Waals surface area contributed by atoms with Gasteiger partial charge in [-0.2, -0.15) is 0 Å². The predicted molar refractivity (Wildman–Crippen MR) is 116 cm³/mol. The number of amides is 4. The van der Waals surface area contributed by atoms with E-state index in [0.29, 0.717) is 12.8 Å². The highest BCUT2D eigenvalue weighted by Crippen LogP contribution is 2.36. The van der Waals surface area contributed by atoms with Gasteiger partial charge in [0.1, 0.15) is 12.1 Å². The van der Waals surface area contributed by atoms with Crippen LogP contribution in [0.3, 0.4) is 0 Å². The van der Waals surface area contributed by atoms with Crippen LogP contribution in [-0.4, -0.2) is 75.5 Å². The summed E-state index contributed by atoms with van der Waals surface area (Å²) in [5.41, 5.74) is 4.48. The van der Waals surface area contributed by atoms with E-state index in [1.807, 2.05) is 30.3 Å². The summed E-state index contributed by atoms with van der Waals surface area (Å²) in [7, 11) is 0. The van der Waals surface area contributed by atoms with Crippen LogP contribution in [0, 0.1) is 0 Å². The number of hydrogen-bond acceptors (Lipinski definition) is 7. The molecule has 3 fully saturated rings. The Bertz CT molecular complexity index is 1000. The molecule has 3 saturated heterocycles. The van der Waals surface area contributed by atoms with Crippen LogP contribution in [-0.2, 0) is 40.1 Å². The Morgan fingerprint density at radius 1 is 1.21 bits per heavy atom. The second kappa shape index (κ2) is 9.41. The summed E-state index contributed by atoms with van der Waals surface area (Å²) in [6.45, 7) is 1.51. The van der Waals surface area contributed by atoms with Crippen molar-refractivity contribution in [3.05, 3.63) is 35.9 Å². The van der Waals surface area contributed by atoms with Gasteiger partial charge in [0.05, 0.1) is 13.2 Å². The van der Waals surface area contributed by atoms with Crippen LogP contribution in [0.1, 0.15) is 44.6 Å². The molecule has 0 aromatic heterocycles. The van der Waals surface area contributed by atoms with E-state index in [2.05, 4.69) is 0 Å². The van der Waals surface area contributed by atoms with Crippen molar-refractivity contribution >= 4 is 29.6 Å². The number of esters is 1. The van der Waals surface area contributed by atoms with Crippen molar-refractivity contribution < 1.29 is 33.4 Å². The van der Waals surface area contributed by atoms with Crippen molar-refractivity contribution in [2.75, 3.05) is 13.2 Å². The van der Waals surface area contributed by atoms with Crippen molar-refractivity contribution in [3.63, 3.8) is 0 Å². The minimum absolute atomic E-state index is 0.000683. The van der Waals surface area contributed by atoms with Gasteiger partial charge in [-0.05, 0) is 24.8 Å². The Hall–Kier alpha value is -3.47. The third-order valence-corrected chi connectivity index (χ3v) is 6.52. The molecule has 182 valence electrons. The molecule has 1 aromatic rings. The molecule has 3 unspecified atom stereocenters. The first kappa shape index (κ1) is 23.7. The summed E-state index contributed by atoms with van der Waals surface area (Å²) >= 11 is 0. The van der Waals surface area contributed by atoms with Crippen LogP contribution in [0.15, 0.2) is 30.3 Å². The summed E-state index contributed by atoms with van der Waals surface area (Å²) in [6.07, 6.45) is 0.764. The lowest BCUT2D eigenvalue weighted by molar-refractivity contribution is -0.205. The van der Waals surface area contributed by atoms with Crippen molar-refractivity contribution in [1.29, 1.82) is 0 Å². The summed E-state index contributed by atoms with van der Waals surface area (Å²) in [5.74, 6) is -3.09. The average Bonchev–Trinajstić information content (AvgIpc) is 3.14. The number of carbonyl (C=O) groups is 5. The van der Waals surface area contributed by atoms with Crippen LogP contribution in [0.5, 0.6) is 0 Å². The van der Waals surface area contributed by atoms with Crippen LogP contribution < -0.4 is 5.73 Å². The van der Waals surface area contributed by atoms with Crippen molar-refractivity contribution in [1.82, 2.24) is 14.9 Å². The smallest absolute Gasteiger partial charge is 0.360 e. The van der Waals surface area contributed by atoms with E-state index in [1.165, 1.54) is 11.9 Å². The molecule has 2 N–H and O–H groups in total. The molecule has 0 radical (unpaired) electrons. The first-order valence-electron chi connectivity index (χ1n) is 11.3. The quantitative estimate of drug-likeness (QED) is 0.457. The number of nitrogens with two attached hydrogens (primary N) is 1. The maximum Gasteiger partial charge on any atom is 0.360 e. The molecule has 0 bridgehead atoms. The number of hydrogen-bond donors (Lipinski definition) is 1.